The average molecular weight is 218 g/mol. The molecule has 2 atom stereocenters. The van der Waals surface area contributed by atoms with Gasteiger partial charge in [-0.05, 0) is 32.6 Å². The maximum absolute atomic E-state index is 8.76. The molecule has 3 heteroatoms. The molecular weight excluding hydrogens is 192 g/mol. The van der Waals surface area contributed by atoms with Gasteiger partial charge in [0.1, 0.15) is 0 Å². The first-order valence-corrected chi connectivity index (χ1v) is 5.90. The average Bonchev–Trinajstić information content (AvgIpc) is 2.20. The largest absolute Gasteiger partial charge is 0.394 e. The van der Waals surface area contributed by atoms with E-state index in [4.69, 9.17) is 14.6 Å². The van der Waals surface area contributed by atoms with Gasteiger partial charge in [-0.1, -0.05) is 13.8 Å². The summed E-state index contributed by atoms with van der Waals surface area (Å²) in [6.45, 7) is 9.72. The summed E-state index contributed by atoms with van der Waals surface area (Å²) in [7, 11) is 0. The maximum atomic E-state index is 8.76. The fourth-order valence-corrected chi connectivity index (χ4v) is 1.18. The molecule has 0 radical (unpaired) electrons. The molecule has 0 fully saturated rings. The van der Waals surface area contributed by atoms with Crippen LogP contribution in [0.15, 0.2) is 0 Å². The lowest BCUT2D eigenvalue weighted by Gasteiger charge is -2.16. The Kier molecular flexibility index (Phi) is 9.06. The minimum absolute atomic E-state index is 0.0695. The van der Waals surface area contributed by atoms with Gasteiger partial charge in [-0.3, -0.25) is 0 Å². The van der Waals surface area contributed by atoms with Crippen molar-refractivity contribution in [3.05, 3.63) is 0 Å². The third-order valence-corrected chi connectivity index (χ3v) is 2.20. The molecule has 92 valence electrons. The van der Waals surface area contributed by atoms with Gasteiger partial charge >= 0.3 is 0 Å². The van der Waals surface area contributed by atoms with E-state index < -0.39 is 0 Å². The molecule has 0 aromatic heterocycles. The van der Waals surface area contributed by atoms with Crippen LogP contribution < -0.4 is 0 Å². The van der Waals surface area contributed by atoms with Crippen LogP contribution in [0.5, 0.6) is 0 Å². The molecule has 0 aliphatic carbocycles. The van der Waals surface area contributed by atoms with Crippen LogP contribution in [0.2, 0.25) is 0 Å². The molecular formula is C12H26O3. The molecule has 0 rings (SSSR count). The third kappa shape index (κ3) is 10.2. The van der Waals surface area contributed by atoms with Crippen LogP contribution in [0.3, 0.4) is 0 Å². The molecule has 2 unspecified atom stereocenters. The van der Waals surface area contributed by atoms with Gasteiger partial charge in [-0.15, -0.1) is 0 Å². The lowest BCUT2D eigenvalue weighted by Crippen LogP contribution is -2.22. The van der Waals surface area contributed by atoms with E-state index in [9.17, 15) is 0 Å². The summed E-state index contributed by atoms with van der Waals surface area (Å²) in [5, 5.41) is 8.76. The predicted molar refractivity (Wildman–Crippen MR) is 62.0 cm³/mol. The van der Waals surface area contributed by atoms with Crippen molar-refractivity contribution >= 4 is 0 Å². The first-order valence-electron chi connectivity index (χ1n) is 5.90. The van der Waals surface area contributed by atoms with E-state index in [0.29, 0.717) is 6.61 Å². The summed E-state index contributed by atoms with van der Waals surface area (Å²) < 4.78 is 10.9. The van der Waals surface area contributed by atoms with E-state index in [1.807, 2.05) is 13.8 Å². The zero-order chi connectivity index (χ0) is 11.7. The van der Waals surface area contributed by atoms with E-state index in [2.05, 4.69) is 13.8 Å². The van der Waals surface area contributed by atoms with Crippen molar-refractivity contribution < 1.29 is 14.6 Å². The highest BCUT2D eigenvalue weighted by atomic mass is 16.5. The van der Waals surface area contributed by atoms with Crippen LogP contribution in [0, 0.1) is 5.92 Å². The quantitative estimate of drug-likeness (QED) is 0.603. The highest BCUT2D eigenvalue weighted by Crippen LogP contribution is 2.04. The number of ether oxygens (including phenoxy) is 2. The fourth-order valence-electron chi connectivity index (χ4n) is 1.18. The second-order valence-corrected chi connectivity index (χ2v) is 4.54. The first-order chi connectivity index (χ1) is 7.06. The van der Waals surface area contributed by atoms with Gasteiger partial charge in [-0.25, -0.2) is 0 Å². The summed E-state index contributed by atoms with van der Waals surface area (Å²) in [5.41, 5.74) is 0. The molecule has 0 amide bonds. The van der Waals surface area contributed by atoms with Crippen LogP contribution in [0.25, 0.3) is 0 Å². The highest BCUT2D eigenvalue weighted by molar-refractivity contribution is 4.52. The number of hydrogen-bond donors (Lipinski definition) is 1. The van der Waals surface area contributed by atoms with Crippen molar-refractivity contribution in [2.75, 3.05) is 19.8 Å². The SMILES string of the molecule is CC(C)CCCOC(C)COC(C)CO. The lowest BCUT2D eigenvalue weighted by molar-refractivity contribution is -0.0462. The lowest BCUT2D eigenvalue weighted by atomic mass is 10.1. The van der Waals surface area contributed by atoms with Crippen molar-refractivity contribution in [2.45, 2.75) is 52.7 Å². The number of rotatable bonds is 9. The molecule has 0 aliphatic rings. The Balaban J connectivity index is 3.29. The topological polar surface area (TPSA) is 38.7 Å². The number of hydrogen-bond acceptors (Lipinski definition) is 3. The van der Waals surface area contributed by atoms with Gasteiger partial charge in [-0.2, -0.15) is 0 Å². The Hall–Kier alpha value is -0.120. The van der Waals surface area contributed by atoms with Gasteiger partial charge in [0.05, 0.1) is 25.4 Å². The molecule has 0 aromatic carbocycles. The zero-order valence-electron chi connectivity index (χ0n) is 10.5. The Morgan fingerprint density at radius 1 is 1.00 bits per heavy atom. The molecule has 0 bridgehead atoms. The van der Waals surface area contributed by atoms with Crippen LogP contribution in [-0.2, 0) is 9.47 Å². The molecule has 0 aliphatic heterocycles. The van der Waals surface area contributed by atoms with Gasteiger partial charge < -0.3 is 14.6 Å². The van der Waals surface area contributed by atoms with Crippen molar-refractivity contribution in [1.82, 2.24) is 0 Å². The zero-order valence-corrected chi connectivity index (χ0v) is 10.5. The highest BCUT2D eigenvalue weighted by Gasteiger charge is 2.05. The van der Waals surface area contributed by atoms with Crippen molar-refractivity contribution in [1.29, 1.82) is 0 Å². The van der Waals surface area contributed by atoms with E-state index in [1.54, 1.807) is 0 Å². The predicted octanol–water partition coefficient (Wildman–Crippen LogP) is 2.23. The van der Waals surface area contributed by atoms with Gasteiger partial charge in [0.25, 0.3) is 0 Å². The number of aliphatic hydroxyl groups excluding tert-OH is 1. The van der Waals surface area contributed by atoms with Crippen LogP contribution >= 0.6 is 0 Å². The van der Waals surface area contributed by atoms with Crippen LogP contribution in [-0.4, -0.2) is 37.1 Å². The second-order valence-electron chi connectivity index (χ2n) is 4.54. The fraction of sp³-hybridized carbons (Fsp3) is 1.00. The van der Waals surface area contributed by atoms with E-state index in [1.165, 1.54) is 6.42 Å². The Labute approximate surface area is 93.8 Å². The maximum Gasteiger partial charge on any atom is 0.0780 e. The molecule has 0 saturated heterocycles. The Bertz CT molecular complexity index is 137. The Morgan fingerprint density at radius 2 is 1.67 bits per heavy atom. The summed E-state index contributed by atoms with van der Waals surface area (Å²) in [6.07, 6.45) is 2.34. The number of aliphatic hydroxyl groups is 1. The standard InChI is InChI=1S/C12H26O3/c1-10(2)6-5-7-14-12(4)9-15-11(3)8-13/h10-13H,5-9H2,1-4H3. The van der Waals surface area contributed by atoms with Crippen LogP contribution in [0.4, 0.5) is 0 Å². The van der Waals surface area contributed by atoms with E-state index in [0.717, 1.165) is 18.9 Å². The van der Waals surface area contributed by atoms with Gasteiger partial charge in [0.2, 0.25) is 0 Å². The summed E-state index contributed by atoms with van der Waals surface area (Å²) in [5.74, 6) is 0.745. The van der Waals surface area contributed by atoms with Crippen molar-refractivity contribution in [3.63, 3.8) is 0 Å². The molecule has 3 nitrogen and oxygen atoms in total. The minimum atomic E-state index is -0.0910. The van der Waals surface area contributed by atoms with Crippen LogP contribution in [0.1, 0.15) is 40.5 Å². The third-order valence-electron chi connectivity index (χ3n) is 2.20. The monoisotopic (exact) mass is 218 g/mol. The first kappa shape index (κ1) is 14.9. The van der Waals surface area contributed by atoms with Gasteiger partial charge in [0.15, 0.2) is 0 Å². The van der Waals surface area contributed by atoms with E-state index >= 15 is 0 Å². The van der Waals surface area contributed by atoms with Crippen molar-refractivity contribution in [3.8, 4) is 0 Å². The molecule has 15 heavy (non-hydrogen) atoms. The van der Waals surface area contributed by atoms with Crippen molar-refractivity contribution in [2.24, 2.45) is 5.92 Å². The summed E-state index contributed by atoms with van der Waals surface area (Å²) in [6, 6.07) is 0. The molecule has 0 heterocycles. The summed E-state index contributed by atoms with van der Waals surface area (Å²) in [4.78, 5) is 0. The molecule has 1 N–H and O–H groups in total. The molecule has 0 aromatic rings. The minimum Gasteiger partial charge on any atom is -0.394 e. The normalized spacial score (nSPS) is 15.6. The second kappa shape index (κ2) is 9.13. The van der Waals surface area contributed by atoms with Gasteiger partial charge in [0, 0.05) is 6.61 Å². The molecule has 0 spiro atoms. The molecule has 0 saturated carbocycles. The summed E-state index contributed by atoms with van der Waals surface area (Å²) >= 11 is 0. The Morgan fingerprint density at radius 3 is 2.20 bits per heavy atom. The smallest absolute Gasteiger partial charge is 0.0780 e. The van der Waals surface area contributed by atoms with E-state index in [-0.39, 0.29) is 18.8 Å².